The van der Waals surface area contributed by atoms with E-state index in [1.165, 1.54) is 22.3 Å². The lowest BCUT2D eigenvalue weighted by molar-refractivity contribution is 1.07. The van der Waals surface area contributed by atoms with Gasteiger partial charge in [-0.3, -0.25) is 0 Å². The van der Waals surface area contributed by atoms with Gasteiger partial charge in [0.05, 0.1) is 0 Å². The maximum Gasteiger partial charge on any atom is 0.164 e. The highest BCUT2D eigenvalue weighted by molar-refractivity contribution is 5.85. The van der Waals surface area contributed by atoms with Crippen LogP contribution in [0.15, 0.2) is 291 Å². The molecule has 1 aromatic heterocycles. The summed E-state index contributed by atoms with van der Waals surface area (Å²) in [5, 5.41) is 0. The second kappa shape index (κ2) is 20.3. The van der Waals surface area contributed by atoms with Crippen molar-refractivity contribution in [3.63, 3.8) is 0 Å². The third-order valence-electron chi connectivity index (χ3n) is 13.3. The van der Waals surface area contributed by atoms with Gasteiger partial charge in [0, 0.05) is 33.8 Å². The molecule has 344 valence electrons. The fourth-order valence-electron chi connectivity index (χ4n) is 9.55. The summed E-state index contributed by atoms with van der Waals surface area (Å²) in [5.41, 5.74) is 19.7. The summed E-state index contributed by atoms with van der Waals surface area (Å²) in [7, 11) is 0. The van der Waals surface area contributed by atoms with Gasteiger partial charge in [0.15, 0.2) is 17.5 Å². The lowest BCUT2D eigenvalue weighted by Crippen LogP contribution is -2.10. The number of benzene rings is 11. The fraction of sp³-hybridized carbons (Fsp3) is 0. The Kier molecular flexibility index (Phi) is 12.4. The summed E-state index contributed by atoms with van der Waals surface area (Å²) < 4.78 is 0. The summed E-state index contributed by atoms with van der Waals surface area (Å²) in [4.78, 5) is 17.7. The van der Waals surface area contributed by atoms with E-state index in [9.17, 15) is 0 Å². The van der Waals surface area contributed by atoms with Gasteiger partial charge in [0.25, 0.3) is 0 Å². The van der Waals surface area contributed by atoms with Gasteiger partial charge in [-0.05, 0) is 127 Å². The fourth-order valence-corrected chi connectivity index (χ4v) is 9.55. The first-order chi connectivity index (χ1) is 36.1. The zero-order valence-corrected chi connectivity index (χ0v) is 40.0. The van der Waals surface area contributed by atoms with Crippen LogP contribution in [-0.4, -0.2) is 15.0 Å². The second-order valence-electron chi connectivity index (χ2n) is 18.1. The molecule has 12 rings (SSSR count). The maximum atomic E-state index is 5.18. The molecular formula is C69H48N4. The van der Waals surface area contributed by atoms with Crippen LogP contribution in [0.5, 0.6) is 0 Å². The molecule has 0 unspecified atom stereocenters. The highest BCUT2D eigenvalue weighted by Crippen LogP contribution is 2.40. The van der Waals surface area contributed by atoms with Gasteiger partial charge >= 0.3 is 0 Å². The van der Waals surface area contributed by atoms with E-state index in [0.717, 1.165) is 78.3 Å². The van der Waals surface area contributed by atoms with E-state index >= 15 is 0 Å². The number of hydrogen-bond acceptors (Lipinski definition) is 4. The molecule has 1 heterocycles. The Balaban J connectivity index is 0.880. The minimum atomic E-state index is 0.611. The first-order valence-corrected chi connectivity index (χ1v) is 24.7. The highest BCUT2D eigenvalue weighted by atomic mass is 15.1. The summed E-state index contributed by atoms with van der Waals surface area (Å²) in [6.45, 7) is 0. The molecule has 0 spiro atoms. The van der Waals surface area contributed by atoms with Gasteiger partial charge in [0.1, 0.15) is 0 Å². The van der Waals surface area contributed by atoms with Gasteiger partial charge in [-0.2, -0.15) is 0 Å². The SMILES string of the molecule is c1ccc(-c2cc(-c3ccccc3)cc(-c3cccc(-c4nc(-c5ccccc5)nc(-c5ccc(-c6ccc(N(c7cccc(-c8ccccc8)c7)c7cccc(-c8ccccc8)c7)cc6)cc5)n4)c3)c2)cc1. The smallest absolute Gasteiger partial charge is 0.164 e. The minimum Gasteiger partial charge on any atom is -0.310 e. The van der Waals surface area contributed by atoms with Gasteiger partial charge in [-0.1, -0.05) is 231 Å². The number of nitrogens with zero attached hydrogens (tertiary/aromatic N) is 4. The first-order valence-electron chi connectivity index (χ1n) is 24.7. The molecule has 0 radical (unpaired) electrons. The standard InChI is InChI=1S/C69H48N4/c1-6-19-49(20-7-1)58-30-17-33-65(47-58)73(66-34-18-31-59(48-66)50-21-8-2-9-22-50)64-41-39-54(40-42-64)53-35-37-56(38-36-53)68-70-67(55-27-14-5-15-28-55)71-69(72-68)60-32-16-29-57(43-60)63-45-61(51-23-10-3-11-24-51)44-62(46-63)52-25-12-4-13-26-52/h1-48H. The van der Waals surface area contributed by atoms with Crippen molar-refractivity contribution in [2.75, 3.05) is 4.90 Å². The summed E-state index contributed by atoms with van der Waals surface area (Å²) in [6.07, 6.45) is 0. The van der Waals surface area contributed by atoms with Gasteiger partial charge in [-0.15, -0.1) is 0 Å². The average molecular weight is 933 g/mol. The summed E-state index contributed by atoms with van der Waals surface area (Å²) >= 11 is 0. The minimum absolute atomic E-state index is 0.611. The van der Waals surface area contributed by atoms with Crippen molar-refractivity contribution in [3.05, 3.63) is 291 Å². The molecule has 0 N–H and O–H groups in total. The predicted molar refractivity (Wildman–Crippen MR) is 303 cm³/mol. The van der Waals surface area contributed by atoms with Crippen LogP contribution in [0.4, 0.5) is 17.1 Å². The zero-order valence-electron chi connectivity index (χ0n) is 40.0. The van der Waals surface area contributed by atoms with Crippen LogP contribution in [0.1, 0.15) is 0 Å². The lowest BCUT2D eigenvalue weighted by Gasteiger charge is -2.27. The van der Waals surface area contributed by atoms with Crippen molar-refractivity contribution in [2.24, 2.45) is 0 Å². The number of anilines is 3. The van der Waals surface area contributed by atoms with Crippen molar-refractivity contribution in [1.82, 2.24) is 15.0 Å². The van der Waals surface area contributed by atoms with Crippen LogP contribution in [0.2, 0.25) is 0 Å². The zero-order chi connectivity index (χ0) is 48.8. The molecule has 0 aliphatic carbocycles. The largest absolute Gasteiger partial charge is 0.310 e. The number of rotatable bonds is 12. The molecule has 11 aromatic carbocycles. The van der Waals surface area contributed by atoms with E-state index in [-0.39, 0.29) is 0 Å². The Morgan fingerprint density at radius 2 is 0.425 bits per heavy atom. The molecule has 0 saturated heterocycles. The van der Waals surface area contributed by atoms with E-state index in [1.807, 2.05) is 30.3 Å². The molecule has 0 aliphatic rings. The van der Waals surface area contributed by atoms with Crippen LogP contribution in [-0.2, 0) is 0 Å². The van der Waals surface area contributed by atoms with Crippen molar-refractivity contribution in [2.45, 2.75) is 0 Å². The van der Waals surface area contributed by atoms with Crippen LogP contribution >= 0.6 is 0 Å². The Morgan fingerprint density at radius 1 is 0.164 bits per heavy atom. The van der Waals surface area contributed by atoms with Crippen LogP contribution in [0.3, 0.4) is 0 Å². The Morgan fingerprint density at radius 3 is 0.863 bits per heavy atom. The topological polar surface area (TPSA) is 41.9 Å². The normalized spacial score (nSPS) is 11.0. The predicted octanol–water partition coefficient (Wildman–Crippen LogP) is 18.3. The Hall–Kier alpha value is -9.77. The summed E-state index contributed by atoms with van der Waals surface area (Å²) in [5.74, 6) is 1.84. The molecule has 0 saturated carbocycles. The van der Waals surface area contributed by atoms with Crippen molar-refractivity contribution < 1.29 is 0 Å². The van der Waals surface area contributed by atoms with Gasteiger partial charge in [0.2, 0.25) is 0 Å². The van der Waals surface area contributed by atoms with Crippen LogP contribution in [0, 0.1) is 0 Å². The van der Waals surface area contributed by atoms with Gasteiger partial charge in [-0.25, -0.2) is 15.0 Å². The molecule has 0 aliphatic heterocycles. The van der Waals surface area contributed by atoms with Crippen molar-refractivity contribution >= 4 is 17.1 Å². The van der Waals surface area contributed by atoms with Crippen LogP contribution < -0.4 is 4.90 Å². The molecule has 0 fully saturated rings. The summed E-state index contributed by atoms with van der Waals surface area (Å²) in [6, 6.07) is 103. The molecule has 0 bridgehead atoms. The molecule has 4 nitrogen and oxygen atoms in total. The van der Waals surface area contributed by atoms with E-state index in [4.69, 9.17) is 15.0 Å². The third-order valence-corrected chi connectivity index (χ3v) is 13.3. The highest BCUT2D eigenvalue weighted by Gasteiger charge is 2.17. The monoisotopic (exact) mass is 932 g/mol. The molecule has 0 amide bonds. The first kappa shape index (κ1) is 44.4. The number of hydrogen-bond donors (Lipinski definition) is 0. The maximum absolute atomic E-state index is 5.18. The molecular weight excluding hydrogens is 885 g/mol. The third kappa shape index (κ3) is 9.74. The molecule has 0 atom stereocenters. The van der Waals surface area contributed by atoms with E-state index in [1.54, 1.807) is 0 Å². The Labute approximate surface area is 426 Å². The molecule has 73 heavy (non-hydrogen) atoms. The second-order valence-corrected chi connectivity index (χ2v) is 18.1. The molecule has 4 heteroatoms. The van der Waals surface area contributed by atoms with E-state index in [2.05, 4.69) is 266 Å². The van der Waals surface area contributed by atoms with E-state index in [0.29, 0.717) is 17.5 Å². The average Bonchev–Trinajstić information content (AvgIpc) is 3.48. The van der Waals surface area contributed by atoms with Gasteiger partial charge < -0.3 is 4.90 Å². The number of aromatic nitrogens is 3. The molecule has 12 aromatic rings. The lowest BCUT2D eigenvalue weighted by atomic mass is 9.93. The van der Waals surface area contributed by atoms with Crippen molar-refractivity contribution in [1.29, 1.82) is 0 Å². The Bertz CT molecular complexity index is 3660. The van der Waals surface area contributed by atoms with E-state index < -0.39 is 0 Å². The quantitative estimate of drug-likeness (QED) is 0.122. The van der Waals surface area contributed by atoms with Crippen molar-refractivity contribution in [3.8, 4) is 101 Å². The van der Waals surface area contributed by atoms with Crippen LogP contribution in [0.25, 0.3) is 101 Å².